The topological polar surface area (TPSA) is 75.4 Å². The van der Waals surface area contributed by atoms with Gasteiger partial charge < -0.3 is 10.7 Å². The summed E-state index contributed by atoms with van der Waals surface area (Å²) >= 11 is 5.58. The van der Waals surface area contributed by atoms with Gasteiger partial charge in [-0.2, -0.15) is 5.10 Å². The number of nitrogens with two attached hydrogens (primary N) is 1. The highest BCUT2D eigenvalue weighted by Gasteiger charge is 2.19. The van der Waals surface area contributed by atoms with Gasteiger partial charge in [0.25, 0.3) is 0 Å². The second kappa shape index (κ2) is 6.23. The third-order valence-corrected chi connectivity index (χ3v) is 5.19. The maximum absolute atomic E-state index is 6.06. The molecule has 0 bridgehead atoms. The van der Waals surface area contributed by atoms with E-state index in [0.29, 0.717) is 4.77 Å². The first-order chi connectivity index (χ1) is 12.5. The summed E-state index contributed by atoms with van der Waals surface area (Å²) in [7, 11) is 0. The zero-order valence-electron chi connectivity index (χ0n) is 15.0. The number of allylic oxidation sites excluding steroid dienone is 4. The molecule has 1 unspecified atom stereocenters. The maximum atomic E-state index is 6.06. The average Bonchev–Trinajstić information content (AvgIpc) is 3.05. The minimum absolute atomic E-state index is 0.0999. The van der Waals surface area contributed by atoms with E-state index in [1.165, 1.54) is 5.56 Å². The van der Waals surface area contributed by atoms with Crippen molar-refractivity contribution in [2.24, 2.45) is 5.73 Å². The number of nitrogens with one attached hydrogen (secondary N) is 2. The second-order valence-electron chi connectivity index (χ2n) is 6.65. The van der Waals surface area contributed by atoms with Crippen molar-refractivity contribution >= 4 is 28.7 Å². The molecule has 3 aromatic rings. The zero-order chi connectivity index (χ0) is 18.4. The number of benzene rings is 1. The Kier molecular flexibility index (Phi) is 4.01. The molecule has 0 amide bonds. The normalized spacial score (nSPS) is 17.3. The Morgan fingerprint density at radius 3 is 2.85 bits per heavy atom. The third-order valence-electron chi connectivity index (χ3n) is 4.92. The lowest BCUT2D eigenvalue weighted by Gasteiger charge is -2.12. The number of hydrogen-bond acceptors (Lipinski definition) is 3. The molecule has 4 rings (SSSR count). The molecule has 1 aliphatic carbocycles. The smallest absolute Gasteiger partial charge is 0.200 e. The van der Waals surface area contributed by atoms with Gasteiger partial charge in [-0.25, -0.2) is 0 Å². The summed E-state index contributed by atoms with van der Waals surface area (Å²) in [5.41, 5.74) is 12.6. The first kappa shape index (κ1) is 16.8. The van der Waals surface area contributed by atoms with E-state index in [1.54, 1.807) is 0 Å². The van der Waals surface area contributed by atoms with Gasteiger partial charge in [-0.3, -0.25) is 9.67 Å². The Labute approximate surface area is 156 Å². The van der Waals surface area contributed by atoms with Crippen LogP contribution >= 0.6 is 12.2 Å². The van der Waals surface area contributed by atoms with E-state index in [1.807, 2.05) is 41.9 Å². The monoisotopic (exact) mass is 363 g/mol. The number of H-pyrrole nitrogens is 2. The van der Waals surface area contributed by atoms with Gasteiger partial charge in [0.2, 0.25) is 0 Å². The van der Waals surface area contributed by atoms with Crippen LogP contribution in [0.1, 0.15) is 24.0 Å². The van der Waals surface area contributed by atoms with Crippen LogP contribution in [0.25, 0.3) is 22.2 Å². The molecule has 1 aromatic carbocycles. The number of aromatic amines is 2. The van der Waals surface area contributed by atoms with E-state index >= 15 is 0 Å². The van der Waals surface area contributed by atoms with Gasteiger partial charge in [0, 0.05) is 28.2 Å². The molecule has 0 aliphatic heterocycles. The van der Waals surface area contributed by atoms with Crippen LogP contribution in [0.15, 0.2) is 48.1 Å². The van der Waals surface area contributed by atoms with Crippen molar-refractivity contribution in [1.82, 2.24) is 19.7 Å². The Balaban J connectivity index is 2.01. The van der Waals surface area contributed by atoms with Crippen LogP contribution in [0.3, 0.4) is 0 Å². The lowest BCUT2D eigenvalue weighted by Crippen LogP contribution is -2.13. The van der Waals surface area contributed by atoms with Crippen molar-refractivity contribution in [3.8, 4) is 5.69 Å². The number of hydrogen-bond donors (Lipinski definition) is 3. The molecule has 6 heteroatoms. The Bertz CT molecular complexity index is 1150. The number of aromatic nitrogens is 4. The van der Waals surface area contributed by atoms with Gasteiger partial charge in [0.05, 0.1) is 5.69 Å². The van der Waals surface area contributed by atoms with E-state index in [9.17, 15) is 0 Å². The number of nitrogens with zero attached hydrogens (tertiary/aromatic N) is 2. The molecule has 4 N–H and O–H groups in total. The van der Waals surface area contributed by atoms with Crippen LogP contribution in [0.5, 0.6) is 0 Å². The lowest BCUT2D eigenvalue weighted by atomic mass is 10.1. The minimum atomic E-state index is -0.0999. The van der Waals surface area contributed by atoms with Gasteiger partial charge in [-0.15, -0.1) is 0 Å². The fraction of sp³-hybridized carbons (Fsp3) is 0.200. The van der Waals surface area contributed by atoms with Crippen molar-refractivity contribution in [1.29, 1.82) is 0 Å². The molecule has 0 fully saturated rings. The quantitative estimate of drug-likeness (QED) is 0.596. The van der Waals surface area contributed by atoms with Crippen molar-refractivity contribution in [3.05, 3.63) is 69.9 Å². The van der Waals surface area contributed by atoms with E-state index in [-0.39, 0.29) is 6.04 Å². The van der Waals surface area contributed by atoms with E-state index in [2.05, 4.69) is 41.2 Å². The van der Waals surface area contributed by atoms with E-state index in [4.69, 9.17) is 18.0 Å². The molecule has 1 atom stereocenters. The highest BCUT2D eigenvalue weighted by atomic mass is 32.1. The zero-order valence-corrected chi connectivity index (χ0v) is 15.8. The van der Waals surface area contributed by atoms with Gasteiger partial charge in [-0.1, -0.05) is 30.4 Å². The largest absolute Gasteiger partial charge is 0.358 e. The van der Waals surface area contributed by atoms with Gasteiger partial charge in [0.15, 0.2) is 10.6 Å². The van der Waals surface area contributed by atoms with Crippen LogP contribution in [0.2, 0.25) is 0 Å². The number of aryl methyl sites for hydroxylation is 2. The summed E-state index contributed by atoms with van der Waals surface area (Å²) in [5.74, 6) is 0.785. The van der Waals surface area contributed by atoms with Crippen molar-refractivity contribution in [2.75, 3.05) is 0 Å². The molecule has 5 nitrogen and oxygen atoms in total. The fourth-order valence-electron chi connectivity index (χ4n) is 3.51. The predicted molar refractivity (Wildman–Crippen MR) is 109 cm³/mol. The summed E-state index contributed by atoms with van der Waals surface area (Å²) in [6.45, 7) is 6.26. The van der Waals surface area contributed by atoms with Gasteiger partial charge in [0.1, 0.15) is 0 Å². The molecule has 0 radical (unpaired) electrons. The molecule has 0 saturated carbocycles. The molecule has 2 aromatic heterocycles. The molecular formula is C20H21N5S. The summed E-state index contributed by atoms with van der Waals surface area (Å²) in [6, 6.07) is 6.10. The van der Waals surface area contributed by atoms with Crippen LogP contribution < -0.4 is 5.73 Å². The Hall–Kier alpha value is -2.70. The second-order valence-corrected chi connectivity index (χ2v) is 7.04. The van der Waals surface area contributed by atoms with Crippen molar-refractivity contribution < 1.29 is 0 Å². The number of rotatable bonds is 2. The first-order valence-electron chi connectivity index (χ1n) is 8.56. The average molecular weight is 363 g/mol. The molecule has 1 aliphatic rings. The molecule has 132 valence electrons. The predicted octanol–water partition coefficient (Wildman–Crippen LogP) is 4.25. The molecule has 2 heterocycles. The summed E-state index contributed by atoms with van der Waals surface area (Å²) in [6.07, 6.45) is 8.00. The van der Waals surface area contributed by atoms with Crippen LogP contribution in [0, 0.1) is 18.6 Å². The van der Waals surface area contributed by atoms with Crippen LogP contribution in [-0.2, 0) is 0 Å². The number of fused-ring (bicyclic) bond motifs is 1. The standard InChI is InChI=1S/C20H21N5S/c1-11-10-14(21)6-4-7-15(11)19-23-24-20(26)25(19)17-9-5-8-16-18(17)12(2)13(3)22-16/h4-10,14,22H,21H2,1-3H3,(H,24,26). The van der Waals surface area contributed by atoms with Crippen LogP contribution in [-0.4, -0.2) is 25.8 Å². The summed E-state index contributed by atoms with van der Waals surface area (Å²) in [5, 5.41) is 8.65. The van der Waals surface area contributed by atoms with Crippen molar-refractivity contribution in [2.45, 2.75) is 26.8 Å². The molecule has 26 heavy (non-hydrogen) atoms. The fourth-order valence-corrected chi connectivity index (χ4v) is 3.74. The van der Waals surface area contributed by atoms with Gasteiger partial charge >= 0.3 is 0 Å². The molecule has 0 saturated heterocycles. The van der Waals surface area contributed by atoms with Gasteiger partial charge in [-0.05, 0) is 56.3 Å². The highest BCUT2D eigenvalue weighted by molar-refractivity contribution is 7.71. The molecular weight excluding hydrogens is 342 g/mol. The Morgan fingerprint density at radius 1 is 1.23 bits per heavy atom. The first-order valence-corrected chi connectivity index (χ1v) is 8.97. The van der Waals surface area contributed by atoms with E-state index < -0.39 is 0 Å². The third kappa shape index (κ3) is 2.58. The SMILES string of the molecule is CC1=CC(N)C=CC=C1c1n[nH]c(=S)n1-c1cccc2[nH]c(C)c(C)c12. The summed E-state index contributed by atoms with van der Waals surface area (Å²) in [4.78, 5) is 3.44. The Morgan fingerprint density at radius 2 is 2.04 bits per heavy atom. The van der Waals surface area contributed by atoms with Crippen molar-refractivity contribution in [3.63, 3.8) is 0 Å². The lowest BCUT2D eigenvalue weighted by molar-refractivity contribution is 1.01. The maximum Gasteiger partial charge on any atom is 0.200 e. The van der Waals surface area contributed by atoms with E-state index in [0.717, 1.165) is 39.3 Å². The molecule has 0 spiro atoms. The highest BCUT2D eigenvalue weighted by Crippen LogP contribution is 2.31. The summed E-state index contributed by atoms with van der Waals surface area (Å²) < 4.78 is 2.57. The van der Waals surface area contributed by atoms with Crippen LogP contribution in [0.4, 0.5) is 0 Å². The minimum Gasteiger partial charge on any atom is -0.358 e.